The monoisotopic (exact) mass is 269 g/mol. The quantitative estimate of drug-likeness (QED) is 0.859. The number of nitrogens with one attached hydrogen (secondary N) is 1. The third kappa shape index (κ3) is 3.22. The minimum absolute atomic E-state index is 0.147. The summed E-state index contributed by atoms with van der Waals surface area (Å²) >= 11 is 0. The molecule has 0 saturated carbocycles. The molecule has 1 atom stereocenters. The van der Waals surface area contributed by atoms with Crippen LogP contribution in [0.15, 0.2) is 24.3 Å². The second kappa shape index (κ2) is 4.97. The molecule has 18 heavy (non-hydrogen) atoms. The second-order valence-electron chi connectivity index (χ2n) is 4.53. The molecule has 0 bridgehead atoms. The average Bonchev–Trinajstić information content (AvgIpc) is 2.67. The number of carboxylic acid groups (broad SMARTS) is 1. The number of carboxylic acids is 1. The fourth-order valence-corrected chi connectivity index (χ4v) is 3.89. The minimum atomic E-state index is -2.84. The molecule has 0 spiro atoms. The van der Waals surface area contributed by atoms with Crippen molar-refractivity contribution in [3.63, 3.8) is 0 Å². The molecule has 1 saturated heterocycles. The van der Waals surface area contributed by atoms with E-state index in [-0.39, 0.29) is 23.0 Å². The molecule has 6 heteroatoms. The van der Waals surface area contributed by atoms with Crippen molar-refractivity contribution in [3.8, 4) is 0 Å². The summed E-state index contributed by atoms with van der Waals surface area (Å²) in [5.41, 5.74) is 1.05. The number of benzene rings is 1. The lowest BCUT2D eigenvalue weighted by Crippen LogP contribution is -2.15. The maximum atomic E-state index is 11.3. The molecule has 1 aliphatic heterocycles. The first-order chi connectivity index (χ1) is 8.46. The van der Waals surface area contributed by atoms with Gasteiger partial charge in [0.2, 0.25) is 0 Å². The number of sulfone groups is 1. The Morgan fingerprint density at radius 3 is 2.50 bits per heavy atom. The molecule has 1 unspecified atom stereocenters. The smallest absolute Gasteiger partial charge is 0.335 e. The zero-order valence-electron chi connectivity index (χ0n) is 9.80. The number of anilines is 1. The molecular weight excluding hydrogens is 254 g/mol. The van der Waals surface area contributed by atoms with Crippen LogP contribution in [0.2, 0.25) is 0 Å². The van der Waals surface area contributed by atoms with Crippen LogP contribution in [-0.2, 0) is 9.84 Å². The molecule has 0 amide bonds. The van der Waals surface area contributed by atoms with Gasteiger partial charge < -0.3 is 10.4 Å². The first-order valence-electron chi connectivity index (χ1n) is 5.74. The normalized spacial score (nSPS) is 21.7. The van der Waals surface area contributed by atoms with Crippen LogP contribution in [0.3, 0.4) is 0 Å². The van der Waals surface area contributed by atoms with Gasteiger partial charge in [-0.05, 0) is 36.6 Å². The zero-order chi connectivity index (χ0) is 13.2. The van der Waals surface area contributed by atoms with Crippen molar-refractivity contribution in [3.05, 3.63) is 29.8 Å². The van der Waals surface area contributed by atoms with Crippen molar-refractivity contribution >= 4 is 21.5 Å². The van der Waals surface area contributed by atoms with E-state index >= 15 is 0 Å². The SMILES string of the molecule is O=C(O)c1ccc(NCC2CCS(=O)(=O)C2)cc1. The van der Waals surface area contributed by atoms with Crippen LogP contribution in [0.25, 0.3) is 0 Å². The Bertz CT molecular complexity index is 536. The van der Waals surface area contributed by atoms with Crippen molar-refractivity contribution in [2.75, 3.05) is 23.4 Å². The minimum Gasteiger partial charge on any atom is -0.478 e. The topological polar surface area (TPSA) is 83.5 Å². The zero-order valence-corrected chi connectivity index (χ0v) is 10.6. The summed E-state index contributed by atoms with van der Waals surface area (Å²) in [6.07, 6.45) is 0.697. The number of carbonyl (C=O) groups is 1. The molecule has 1 fully saturated rings. The first kappa shape index (κ1) is 12.9. The molecule has 2 rings (SSSR count). The fraction of sp³-hybridized carbons (Fsp3) is 0.417. The number of hydrogen-bond acceptors (Lipinski definition) is 4. The predicted molar refractivity (Wildman–Crippen MR) is 68.7 cm³/mol. The lowest BCUT2D eigenvalue weighted by atomic mass is 10.1. The van der Waals surface area contributed by atoms with Crippen molar-refractivity contribution in [2.45, 2.75) is 6.42 Å². The molecular formula is C12H15NO4S. The van der Waals surface area contributed by atoms with Gasteiger partial charge in [0.1, 0.15) is 0 Å². The van der Waals surface area contributed by atoms with Gasteiger partial charge in [0.05, 0.1) is 17.1 Å². The van der Waals surface area contributed by atoms with Gasteiger partial charge in [0.25, 0.3) is 0 Å². The van der Waals surface area contributed by atoms with Crippen molar-refractivity contribution < 1.29 is 18.3 Å². The molecule has 1 aromatic rings. The van der Waals surface area contributed by atoms with Crippen LogP contribution in [0, 0.1) is 5.92 Å². The van der Waals surface area contributed by atoms with E-state index in [0.717, 1.165) is 5.69 Å². The van der Waals surface area contributed by atoms with E-state index in [9.17, 15) is 13.2 Å². The van der Waals surface area contributed by atoms with Gasteiger partial charge in [-0.2, -0.15) is 0 Å². The summed E-state index contributed by atoms with van der Waals surface area (Å²) in [6, 6.07) is 6.42. The summed E-state index contributed by atoms with van der Waals surface area (Å²) in [6.45, 7) is 0.603. The molecule has 1 heterocycles. The summed E-state index contributed by atoms with van der Waals surface area (Å²) in [7, 11) is -2.84. The summed E-state index contributed by atoms with van der Waals surface area (Å²) < 4.78 is 22.6. The van der Waals surface area contributed by atoms with E-state index in [2.05, 4.69) is 5.32 Å². The van der Waals surface area contributed by atoms with Crippen molar-refractivity contribution in [1.82, 2.24) is 0 Å². The van der Waals surface area contributed by atoms with E-state index < -0.39 is 15.8 Å². The molecule has 98 valence electrons. The Balaban J connectivity index is 1.89. The van der Waals surface area contributed by atoms with Gasteiger partial charge in [-0.25, -0.2) is 13.2 Å². The van der Waals surface area contributed by atoms with Crippen LogP contribution in [0.5, 0.6) is 0 Å². The van der Waals surface area contributed by atoms with Gasteiger partial charge in [-0.3, -0.25) is 0 Å². The Hall–Kier alpha value is -1.56. The second-order valence-corrected chi connectivity index (χ2v) is 6.76. The van der Waals surface area contributed by atoms with E-state index in [1.54, 1.807) is 12.1 Å². The highest BCUT2D eigenvalue weighted by atomic mass is 32.2. The van der Waals surface area contributed by atoms with Gasteiger partial charge in [0.15, 0.2) is 9.84 Å². The van der Waals surface area contributed by atoms with Crippen molar-refractivity contribution in [1.29, 1.82) is 0 Å². The Labute approximate surface area is 106 Å². The van der Waals surface area contributed by atoms with Crippen LogP contribution in [-0.4, -0.2) is 37.5 Å². The number of hydrogen-bond donors (Lipinski definition) is 2. The molecule has 0 aliphatic carbocycles. The molecule has 0 aromatic heterocycles. The van der Waals surface area contributed by atoms with Gasteiger partial charge in [-0.1, -0.05) is 0 Å². The lowest BCUT2D eigenvalue weighted by molar-refractivity contribution is 0.0697. The van der Waals surface area contributed by atoms with Gasteiger partial charge >= 0.3 is 5.97 Å². The third-order valence-corrected chi connectivity index (χ3v) is 4.89. The number of aromatic carboxylic acids is 1. The standard InChI is InChI=1S/C12H15NO4S/c14-12(15)10-1-3-11(4-2-10)13-7-9-5-6-18(16,17)8-9/h1-4,9,13H,5-8H2,(H,14,15). The van der Waals surface area contributed by atoms with Crippen LogP contribution in [0.4, 0.5) is 5.69 Å². The third-order valence-electron chi connectivity index (χ3n) is 3.05. The maximum absolute atomic E-state index is 11.3. The number of rotatable bonds is 4. The van der Waals surface area contributed by atoms with Crippen LogP contribution >= 0.6 is 0 Å². The molecule has 1 aromatic carbocycles. The Morgan fingerprint density at radius 1 is 1.33 bits per heavy atom. The highest BCUT2D eigenvalue weighted by molar-refractivity contribution is 7.91. The van der Waals surface area contributed by atoms with E-state index in [1.807, 2.05) is 0 Å². The summed E-state index contributed by atoms with van der Waals surface area (Å²) in [5, 5.41) is 11.9. The van der Waals surface area contributed by atoms with Crippen molar-refractivity contribution in [2.24, 2.45) is 5.92 Å². The Morgan fingerprint density at radius 2 is 2.00 bits per heavy atom. The predicted octanol–water partition coefficient (Wildman–Crippen LogP) is 1.23. The highest BCUT2D eigenvalue weighted by Gasteiger charge is 2.27. The summed E-state index contributed by atoms with van der Waals surface area (Å²) in [4.78, 5) is 10.7. The highest BCUT2D eigenvalue weighted by Crippen LogP contribution is 2.19. The van der Waals surface area contributed by atoms with Crippen LogP contribution in [0.1, 0.15) is 16.8 Å². The van der Waals surface area contributed by atoms with E-state index in [0.29, 0.717) is 13.0 Å². The first-order valence-corrected chi connectivity index (χ1v) is 7.56. The van der Waals surface area contributed by atoms with Gasteiger partial charge in [0, 0.05) is 12.2 Å². The molecule has 1 aliphatic rings. The Kier molecular flexibility index (Phi) is 3.56. The maximum Gasteiger partial charge on any atom is 0.335 e. The summed E-state index contributed by atoms with van der Waals surface area (Å²) in [5.74, 6) is -0.289. The largest absolute Gasteiger partial charge is 0.478 e. The van der Waals surface area contributed by atoms with E-state index in [4.69, 9.17) is 5.11 Å². The lowest BCUT2D eigenvalue weighted by Gasteiger charge is -2.10. The molecule has 5 nitrogen and oxygen atoms in total. The molecule has 2 N–H and O–H groups in total. The average molecular weight is 269 g/mol. The van der Waals surface area contributed by atoms with Crippen LogP contribution < -0.4 is 5.32 Å². The fourth-order valence-electron chi connectivity index (χ4n) is 2.03. The van der Waals surface area contributed by atoms with E-state index in [1.165, 1.54) is 12.1 Å². The molecule has 0 radical (unpaired) electrons. The van der Waals surface area contributed by atoms with Gasteiger partial charge in [-0.15, -0.1) is 0 Å².